The molecule has 0 atom stereocenters. The fraction of sp³-hybridized carbons (Fsp3) is 0.333. The van der Waals surface area contributed by atoms with Gasteiger partial charge in [-0.05, 0) is 0 Å². The first-order chi connectivity index (χ1) is 3.83. The van der Waals surface area contributed by atoms with Gasteiger partial charge in [0.2, 0.25) is 0 Å². The van der Waals surface area contributed by atoms with Gasteiger partial charge in [0.25, 0.3) is 0 Å². The van der Waals surface area contributed by atoms with Gasteiger partial charge in [-0.3, -0.25) is 0 Å². The van der Waals surface area contributed by atoms with Crippen molar-refractivity contribution in [1.82, 2.24) is 0 Å². The summed E-state index contributed by atoms with van der Waals surface area (Å²) in [4.78, 5) is 0. The number of hydrogen-bond acceptors (Lipinski definition) is 0. The zero-order valence-corrected chi connectivity index (χ0v) is 7.10. The summed E-state index contributed by atoms with van der Waals surface area (Å²) < 4.78 is 0. The molecule has 0 aliphatic heterocycles. The molecule has 0 heterocycles. The smallest absolute Gasteiger partial charge is 0.674 e. The largest absolute Gasteiger partial charge is 2.00 e. The Morgan fingerprint density at radius 1 is 1.00 bits per heavy atom. The summed E-state index contributed by atoms with van der Waals surface area (Å²) in [6.07, 6.45) is 3.08. The molecule has 2 nitrogen and oxygen atoms in total. The van der Waals surface area contributed by atoms with Crippen molar-refractivity contribution in [2.24, 2.45) is 0 Å². The Hall–Kier alpha value is 0.166. The molecule has 0 aromatic rings. The van der Waals surface area contributed by atoms with Gasteiger partial charge in [-0.1, -0.05) is 0 Å². The maximum atomic E-state index is 6.33. The quantitative estimate of drug-likeness (QED) is 0.412. The Morgan fingerprint density at radius 2 is 1.11 bits per heavy atom. The van der Waals surface area contributed by atoms with Crippen molar-refractivity contribution in [2.45, 2.75) is 0 Å². The maximum absolute atomic E-state index is 6.33. The van der Waals surface area contributed by atoms with Crippen LogP contribution >= 0.6 is 0 Å². The molecule has 48 valence electrons. The Labute approximate surface area is 73.1 Å². The van der Waals surface area contributed by atoms with Crippen molar-refractivity contribution in [3.63, 3.8) is 0 Å². The van der Waals surface area contributed by atoms with Crippen molar-refractivity contribution in [3.05, 3.63) is 36.8 Å². The summed E-state index contributed by atoms with van der Waals surface area (Å²) in [7, 11) is 0. The van der Waals surface area contributed by atoms with Gasteiger partial charge >= 0.3 is 23.1 Å². The predicted molar refractivity (Wildman–Crippen MR) is 44.5 cm³/mol. The van der Waals surface area contributed by atoms with E-state index in [0.717, 1.165) is 0 Å². The van der Waals surface area contributed by atoms with Gasteiger partial charge in [0.05, 0.1) is 0 Å². The number of nitrogens with one attached hydrogen (secondary N) is 2. The molecular weight excluding hydrogens is 124 g/mol. The van der Waals surface area contributed by atoms with Gasteiger partial charge in [-0.15, -0.1) is 38.4 Å². The van der Waals surface area contributed by atoms with E-state index >= 15 is 0 Å². The summed E-state index contributed by atoms with van der Waals surface area (Å²) in [6, 6.07) is 0. The Balaban J connectivity index is -0.0000000720. The average Bonchev–Trinajstić information content (AvgIpc) is 1.88. The molecule has 0 aliphatic rings. The van der Waals surface area contributed by atoms with E-state index in [1.54, 1.807) is 12.2 Å². The zero-order chi connectivity index (χ0) is 6.83. The van der Waals surface area contributed by atoms with E-state index in [-0.39, 0.29) is 23.1 Å². The van der Waals surface area contributed by atoms with E-state index in [0.29, 0.717) is 13.1 Å². The molecule has 0 unspecified atom stereocenters. The minimum Gasteiger partial charge on any atom is -0.674 e. The first kappa shape index (κ1) is 16.1. The molecule has 0 saturated heterocycles. The van der Waals surface area contributed by atoms with E-state index in [9.17, 15) is 0 Å². The van der Waals surface area contributed by atoms with Crippen molar-refractivity contribution in [2.75, 3.05) is 13.1 Å². The first-order valence-electron chi connectivity index (χ1n) is 2.34. The Kier molecular flexibility index (Phi) is 43.2. The van der Waals surface area contributed by atoms with Crippen molar-refractivity contribution in [1.29, 1.82) is 0 Å². The molecule has 2 N–H and O–H groups in total. The van der Waals surface area contributed by atoms with Gasteiger partial charge in [0.15, 0.2) is 0 Å². The molecule has 0 fully saturated rings. The fourth-order valence-electron chi connectivity index (χ4n) is 0. The molecule has 0 radical (unpaired) electrons. The summed E-state index contributed by atoms with van der Waals surface area (Å²) in [5.74, 6) is 0. The van der Waals surface area contributed by atoms with Crippen LogP contribution in [0, 0.1) is 0 Å². The second kappa shape index (κ2) is 24.2. The summed E-state index contributed by atoms with van der Waals surface area (Å²) in [5.41, 5.74) is 12.7. The number of rotatable bonds is 2. The van der Waals surface area contributed by atoms with Crippen LogP contribution in [0.1, 0.15) is 0 Å². The Morgan fingerprint density at radius 3 is 1.11 bits per heavy atom. The molecular formula is C6H12MgN2. The summed E-state index contributed by atoms with van der Waals surface area (Å²) in [6.45, 7) is 7.25. The first-order valence-corrected chi connectivity index (χ1v) is 2.34. The van der Waals surface area contributed by atoms with Crippen molar-refractivity contribution in [3.8, 4) is 0 Å². The van der Waals surface area contributed by atoms with Crippen LogP contribution in [0.3, 0.4) is 0 Å². The van der Waals surface area contributed by atoms with Gasteiger partial charge < -0.3 is 11.5 Å². The normalized spacial score (nSPS) is 5.56. The monoisotopic (exact) mass is 136 g/mol. The van der Waals surface area contributed by atoms with Gasteiger partial charge in [-0.25, -0.2) is 0 Å². The topological polar surface area (TPSA) is 47.6 Å². The standard InChI is InChI=1S/2C3H6N.Mg/c2*1-2-3-4;/h2*2,4H,1,3H2;/q2*-1;+2. The second-order valence-electron chi connectivity index (χ2n) is 0.986. The van der Waals surface area contributed by atoms with Crippen molar-refractivity contribution < 1.29 is 0 Å². The molecule has 0 saturated carbocycles. The SMILES string of the molecule is C=CC[NH-].C=CC[NH-].[Mg+2]. The van der Waals surface area contributed by atoms with Crippen LogP contribution in [0.5, 0.6) is 0 Å². The van der Waals surface area contributed by atoms with Crippen LogP contribution in [0.25, 0.3) is 11.5 Å². The van der Waals surface area contributed by atoms with Crippen LogP contribution < -0.4 is 0 Å². The third kappa shape index (κ3) is 66.2. The molecule has 0 bridgehead atoms. The van der Waals surface area contributed by atoms with Crippen LogP contribution in [-0.4, -0.2) is 36.1 Å². The summed E-state index contributed by atoms with van der Waals surface area (Å²) in [5, 5.41) is 0. The molecule has 9 heavy (non-hydrogen) atoms. The molecule has 0 aromatic heterocycles. The minimum absolute atomic E-state index is 0. The molecule has 0 aromatic carbocycles. The van der Waals surface area contributed by atoms with E-state index < -0.39 is 0 Å². The predicted octanol–water partition coefficient (Wildman–Crippen LogP) is 2.07. The third-order valence-electron chi connectivity index (χ3n) is 0.289. The molecule has 3 heteroatoms. The maximum Gasteiger partial charge on any atom is 2.00 e. The van der Waals surface area contributed by atoms with E-state index in [1.165, 1.54) is 0 Å². The minimum atomic E-state index is 0. The second-order valence-corrected chi connectivity index (χ2v) is 0.986. The van der Waals surface area contributed by atoms with Gasteiger partial charge in [0, 0.05) is 0 Å². The van der Waals surface area contributed by atoms with Gasteiger partial charge in [0.1, 0.15) is 0 Å². The van der Waals surface area contributed by atoms with Crippen LogP contribution in [-0.2, 0) is 0 Å². The zero-order valence-electron chi connectivity index (χ0n) is 5.69. The van der Waals surface area contributed by atoms with Crippen LogP contribution in [0.15, 0.2) is 25.3 Å². The van der Waals surface area contributed by atoms with Gasteiger partial charge in [-0.2, -0.15) is 0 Å². The molecule has 0 amide bonds. The van der Waals surface area contributed by atoms with E-state index in [1.807, 2.05) is 0 Å². The molecule has 0 aliphatic carbocycles. The Bertz CT molecular complexity index is 47.0. The van der Waals surface area contributed by atoms with Crippen LogP contribution in [0.4, 0.5) is 0 Å². The third-order valence-corrected chi connectivity index (χ3v) is 0.289. The average molecular weight is 136 g/mol. The fourth-order valence-corrected chi connectivity index (χ4v) is 0. The van der Waals surface area contributed by atoms with E-state index in [4.69, 9.17) is 11.5 Å². The van der Waals surface area contributed by atoms with Crippen LogP contribution in [0.2, 0.25) is 0 Å². The number of hydrogen-bond donors (Lipinski definition) is 0. The molecule has 0 spiro atoms. The van der Waals surface area contributed by atoms with Crippen molar-refractivity contribution >= 4 is 23.1 Å². The molecule has 0 rings (SSSR count). The van der Waals surface area contributed by atoms with E-state index in [2.05, 4.69) is 13.2 Å². The summed E-state index contributed by atoms with van der Waals surface area (Å²) >= 11 is 0.